The van der Waals surface area contributed by atoms with Crippen molar-refractivity contribution in [3.63, 3.8) is 0 Å². The molecule has 6 heteroatoms. The number of ether oxygens (including phenoxy) is 1. The van der Waals surface area contributed by atoms with Gasteiger partial charge >= 0.3 is 5.97 Å². The quantitative estimate of drug-likeness (QED) is 0.329. The number of aliphatic carboxylic acids is 1. The van der Waals surface area contributed by atoms with Crippen LogP contribution >= 0.6 is 0 Å². The van der Waals surface area contributed by atoms with Gasteiger partial charge in [0.1, 0.15) is 19.0 Å². The van der Waals surface area contributed by atoms with Crippen molar-refractivity contribution in [1.82, 2.24) is 10.5 Å². The van der Waals surface area contributed by atoms with Crippen LogP contribution in [0.3, 0.4) is 0 Å². The number of carbonyl (C=O) groups is 1. The number of hydrogen-bond acceptors (Lipinski definition) is 5. The van der Waals surface area contributed by atoms with Crippen LogP contribution in [0.4, 0.5) is 0 Å². The highest BCUT2D eigenvalue weighted by molar-refractivity contribution is 5.70. The molecule has 1 heterocycles. The predicted molar refractivity (Wildman–Crippen MR) is 125 cm³/mol. The van der Waals surface area contributed by atoms with Gasteiger partial charge in [0.25, 0.3) is 0 Å². The Labute approximate surface area is 188 Å². The topological polar surface area (TPSA) is 80.7 Å². The Bertz CT molecular complexity index is 1030. The third-order valence-electron chi connectivity index (χ3n) is 4.55. The van der Waals surface area contributed by atoms with Gasteiger partial charge in [-0.25, -0.2) is 0 Å². The molecule has 6 nitrogen and oxygen atoms in total. The second-order valence-corrected chi connectivity index (χ2v) is 7.63. The summed E-state index contributed by atoms with van der Waals surface area (Å²) in [5.41, 5.74) is 7.62. The summed E-state index contributed by atoms with van der Waals surface area (Å²) in [7, 11) is 0. The van der Waals surface area contributed by atoms with Gasteiger partial charge in [-0.1, -0.05) is 62.4 Å². The van der Waals surface area contributed by atoms with Crippen LogP contribution in [0.25, 0.3) is 17.0 Å². The van der Waals surface area contributed by atoms with Crippen LogP contribution in [-0.2, 0) is 16.1 Å². The van der Waals surface area contributed by atoms with E-state index in [9.17, 15) is 4.79 Å². The SMILES string of the molecule is CC(C)C=C(NOCCOc1cccc(CC(=O)O)c1)c1ccc(-c2ccccn2)cc1. The first-order chi connectivity index (χ1) is 15.5. The minimum absolute atomic E-state index is 0.0300. The van der Waals surface area contributed by atoms with E-state index in [1.165, 1.54) is 0 Å². The van der Waals surface area contributed by atoms with E-state index in [1.54, 1.807) is 30.5 Å². The van der Waals surface area contributed by atoms with Crippen LogP contribution in [0.5, 0.6) is 5.75 Å². The van der Waals surface area contributed by atoms with Crippen molar-refractivity contribution in [1.29, 1.82) is 0 Å². The molecule has 3 rings (SSSR count). The Morgan fingerprint density at radius 1 is 1.06 bits per heavy atom. The molecular formula is C26H28N2O4. The van der Waals surface area contributed by atoms with Crippen molar-refractivity contribution < 1.29 is 19.5 Å². The number of carboxylic acids is 1. The molecule has 0 radical (unpaired) electrons. The molecule has 0 amide bonds. The highest BCUT2D eigenvalue weighted by Crippen LogP contribution is 2.21. The summed E-state index contributed by atoms with van der Waals surface area (Å²) in [5, 5.41) is 8.91. The lowest BCUT2D eigenvalue weighted by Gasteiger charge is -2.14. The Kier molecular flexibility index (Phi) is 8.40. The van der Waals surface area contributed by atoms with Crippen molar-refractivity contribution in [2.75, 3.05) is 13.2 Å². The minimum atomic E-state index is -0.868. The minimum Gasteiger partial charge on any atom is -0.491 e. The van der Waals surface area contributed by atoms with Gasteiger partial charge in [-0.2, -0.15) is 0 Å². The second-order valence-electron chi connectivity index (χ2n) is 7.63. The maximum Gasteiger partial charge on any atom is 0.307 e. The molecule has 2 aromatic carbocycles. The fraction of sp³-hybridized carbons (Fsp3) is 0.231. The average molecular weight is 433 g/mol. The summed E-state index contributed by atoms with van der Waals surface area (Å²) in [5.74, 6) is 0.0902. The van der Waals surface area contributed by atoms with Gasteiger partial charge in [0.2, 0.25) is 0 Å². The first kappa shape index (κ1) is 23.0. The molecule has 0 unspecified atom stereocenters. The van der Waals surface area contributed by atoms with E-state index in [-0.39, 0.29) is 6.42 Å². The van der Waals surface area contributed by atoms with Crippen molar-refractivity contribution in [3.05, 3.63) is 90.1 Å². The van der Waals surface area contributed by atoms with Crippen LogP contribution < -0.4 is 10.2 Å². The zero-order valence-corrected chi connectivity index (χ0v) is 18.3. The number of allylic oxidation sites excluding steroid dienone is 1. The normalized spacial score (nSPS) is 11.4. The number of pyridine rings is 1. The van der Waals surface area contributed by atoms with Crippen molar-refractivity contribution in [3.8, 4) is 17.0 Å². The zero-order chi connectivity index (χ0) is 22.8. The van der Waals surface area contributed by atoms with Gasteiger partial charge in [-0.05, 0) is 41.3 Å². The lowest BCUT2D eigenvalue weighted by molar-refractivity contribution is -0.136. The lowest BCUT2D eigenvalue weighted by atomic mass is 10.0. The molecule has 0 saturated carbocycles. The van der Waals surface area contributed by atoms with Crippen molar-refractivity contribution in [2.24, 2.45) is 5.92 Å². The zero-order valence-electron chi connectivity index (χ0n) is 18.3. The van der Waals surface area contributed by atoms with E-state index in [4.69, 9.17) is 14.7 Å². The highest BCUT2D eigenvalue weighted by Gasteiger charge is 2.06. The Balaban J connectivity index is 1.54. The van der Waals surface area contributed by atoms with E-state index >= 15 is 0 Å². The number of nitrogens with zero attached hydrogens (tertiary/aromatic N) is 1. The molecule has 3 aromatic rings. The van der Waals surface area contributed by atoms with Crippen LogP contribution in [0.15, 0.2) is 79.0 Å². The lowest BCUT2D eigenvalue weighted by Crippen LogP contribution is -2.18. The number of aromatic nitrogens is 1. The molecule has 2 N–H and O–H groups in total. The molecule has 166 valence electrons. The van der Waals surface area contributed by atoms with Gasteiger partial charge in [-0.3, -0.25) is 20.1 Å². The molecule has 0 bridgehead atoms. The Hall–Kier alpha value is -3.64. The Morgan fingerprint density at radius 2 is 1.88 bits per heavy atom. The average Bonchev–Trinajstić information content (AvgIpc) is 2.78. The van der Waals surface area contributed by atoms with Crippen LogP contribution in [0, 0.1) is 5.92 Å². The number of carboxylic acid groups (broad SMARTS) is 1. The molecule has 0 fully saturated rings. The van der Waals surface area contributed by atoms with Crippen LogP contribution in [0.2, 0.25) is 0 Å². The van der Waals surface area contributed by atoms with E-state index in [0.29, 0.717) is 30.4 Å². The summed E-state index contributed by atoms with van der Waals surface area (Å²) in [6.07, 6.45) is 3.86. The summed E-state index contributed by atoms with van der Waals surface area (Å²) in [6, 6.07) is 21.1. The Morgan fingerprint density at radius 3 is 2.56 bits per heavy atom. The second kappa shape index (κ2) is 11.7. The van der Waals surface area contributed by atoms with Crippen molar-refractivity contribution in [2.45, 2.75) is 20.3 Å². The summed E-state index contributed by atoms with van der Waals surface area (Å²) < 4.78 is 5.68. The maximum atomic E-state index is 10.8. The third-order valence-corrected chi connectivity index (χ3v) is 4.55. The standard InChI is InChI=1S/C26H28N2O4/c1-19(2)16-25(22-11-9-21(10-12-22)24-8-3-4-13-27-24)28-32-15-14-31-23-7-5-6-20(17-23)18-26(29)30/h3-13,16-17,19,28H,14-15,18H2,1-2H3,(H,29,30). The van der Waals surface area contributed by atoms with Crippen molar-refractivity contribution >= 4 is 11.7 Å². The van der Waals surface area contributed by atoms with Gasteiger partial charge in [0.15, 0.2) is 0 Å². The molecule has 0 saturated heterocycles. The number of benzene rings is 2. The smallest absolute Gasteiger partial charge is 0.307 e. The summed E-state index contributed by atoms with van der Waals surface area (Å²) in [4.78, 5) is 20.9. The van der Waals surface area contributed by atoms with E-state index in [0.717, 1.165) is 22.5 Å². The molecular weight excluding hydrogens is 404 g/mol. The fourth-order valence-electron chi connectivity index (χ4n) is 3.13. The van der Waals surface area contributed by atoms with E-state index < -0.39 is 5.97 Å². The number of rotatable bonds is 11. The number of nitrogens with one attached hydrogen (secondary N) is 1. The molecule has 0 spiro atoms. The van der Waals surface area contributed by atoms with Crippen LogP contribution in [-0.4, -0.2) is 29.3 Å². The van der Waals surface area contributed by atoms with Gasteiger partial charge < -0.3 is 9.84 Å². The summed E-state index contributed by atoms with van der Waals surface area (Å²) in [6.45, 7) is 4.87. The monoisotopic (exact) mass is 432 g/mol. The van der Waals surface area contributed by atoms with Gasteiger partial charge in [0.05, 0.1) is 17.8 Å². The predicted octanol–water partition coefficient (Wildman–Crippen LogP) is 4.97. The van der Waals surface area contributed by atoms with Crippen LogP contribution in [0.1, 0.15) is 25.0 Å². The number of hydrogen-bond donors (Lipinski definition) is 2. The van der Waals surface area contributed by atoms with E-state index in [1.807, 2.05) is 42.5 Å². The molecule has 1 aromatic heterocycles. The highest BCUT2D eigenvalue weighted by atomic mass is 16.7. The largest absolute Gasteiger partial charge is 0.491 e. The molecule has 0 atom stereocenters. The first-order valence-electron chi connectivity index (χ1n) is 10.6. The maximum absolute atomic E-state index is 10.8. The first-order valence-corrected chi connectivity index (χ1v) is 10.6. The molecule has 0 aliphatic heterocycles. The van der Waals surface area contributed by atoms with Gasteiger partial charge in [-0.15, -0.1) is 0 Å². The fourth-order valence-corrected chi connectivity index (χ4v) is 3.13. The third kappa shape index (κ3) is 7.25. The summed E-state index contributed by atoms with van der Waals surface area (Å²) >= 11 is 0. The van der Waals surface area contributed by atoms with Gasteiger partial charge in [0, 0.05) is 11.8 Å². The molecule has 0 aliphatic rings. The molecule has 0 aliphatic carbocycles. The van der Waals surface area contributed by atoms with E-state index in [2.05, 4.69) is 30.4 Å². The number of hydroxylamine groups is 1. The molecule has 32 heavy (non-hydrogen) atoms.